The summed E-state index contributed by atoms with van der Waals surface area (Å²) in [5, 5.41) is 10.7. The van der Waals surface area contributed by atoms with Gasteiger partial charge in [0.25, 0.3) is 5.69 Å². The Labute approximate surface area is 108 Å². The molecule has 0 aliphatic heterocycles. The Kier molecular flexibility index (Phi) is 3.38. The second kappa shape index (κ2) is 4.97. The Balaban J connectivity index is 2.28. The molecule has 0 aliphatic carbocycles. The van der Waals surface area contributed by atoms with Crippen LogP contribution >= 0.6 is 11.6 Å². The van der Waals surface area contributed by atoms with Crippen LogP contribution in [0.5, 0.6) is 0 Å². The average Bonchev–Trinajstić information content (AvgIpc) is 2.38. The molecule has 0 saturated heterocycles. The zero-order valence-electron chi connectivity index (χ0n) is 9.45. The summed E-state index contributed by atoms with van der Waals surface area (Å²) in [6.45, 7) is 0. The first-order chi connectivity index (χ1) is 8.58. The van der Waals surface area contributed by atoms with Crippen LogP contribution in [0.2, 0.25) is 5.28 Å². The Bertz CT molecular complexity index is 574. The average molecular weight is 265 g/mol. The van der Waals surface area contributed by atoms with Crippen LogP contribution in [0.4, 0.5) is 17.2 Å². The van der Waals surface area contributed by atoms with E-state index in [1.165, 1.54) is 12.1 Å². The van der Waals surface area contributed by atoms with Gasteiger partial charge in [-0.15, -0.1) is 0 Å². The van der Waals surface area contributed by atoms with Crippen LogP contribution in [0, 0.1) is 10.1 Å². The number of nitro groups is 1. The summed E-state index contributed by atoms with van der Waals surface area (Å²) in [7, 11) is 1.79. The third-order valence-electron chi connectivity index (χ3n) is 2.40. The predicted octanol–water partition coefficient (Wildman–Crippen LogP) is 2.81. The first-order valence-electron chi connectivity index (χ1n) is 5.04. The highest BCUT2D eigenvalue weighted by molar-refractivity contribution is 6.28. The number of non-ortho nitro benzene ring substituents is 1. The Morgan fingerprint density at radius 2 is 1.94 bits per heavy atom. The minimum absolute atomic E-state index is 0.0490. The maximum absolute atomic E-state index is 10.6. The van der Waals surface area contributed by atoms with E-state index in [0.29, 0.717) is 5.82 Å². The van der Waals surface area contributed by atoms with Crippen LogP contribution in [0.15, 0.2) is 36.5 Å². The van der Waals surface area contributed by atoms with E-state index in [1.54, 1.807) is 36.3 Å². The van der Waals surface area contributed by atoms with Gasteiger partial charge in [-0.05, 0) is 29.8 Å². The van der Waals surface area contributed by atoms with Gasteiger partial charge in [-0.1, -0.05) is 0 Å². The molecule has 0 radical (unpaired) electrons. The number of aromatic nitrogens is 2. The van der Waals surface area contributed by atoms with Crippen molar-refractivity contribution in [3.05, 3.63) is 51.9 Å². The molecule has 92 valence electrons. The summed E-state index contributed by atoms with van der Waals surface area (Å²) in [5.74, 6) is 0.615. The van der Waals surface area contributed by atoms with Crippen LogP contribution in [0.3, 0.4) is 0 Å². The molecule has 1 aromatic heterocycles. The number of rotatable bonds is 3. The standard InChI is InChI=1S/C11H9ClN4O2/c1-15(10-6-7-13-11(12)14-10)8-2-4-9(5-3-8)16(17)18/h2-7H,1H3. The number of benzene rings is 1. The van der Waals surface area contributed by atoms with Gasteiger partial charge >= 0.3 is 0 Å². The van der Waals surface area contributed by atoms with Crippen LogP contribution in [0.1, 0.15) is 0 Å². The third-order valence-corrected chi connectivity index (χ3v) is 2.59. The first-order valence-corrected chi connectivity index (χ1v) is 5.42. The van der Waals surface area contributed by atoms with Gasteiger partial charge in [0, 0.05) is 31.1 Å². The molecule has 0 unspecified atom stereocenters. The second-order valence-corrected chi connectivity index (χ2v) is 3.85. The molecule has 0 spiro atoms. The zero-order valence-corrected chi connectivity index (χ0v) is 10.2. The number of nitrogens with zero attached hydrogens (tertiary/aromatic N) is 4. The van der Waals surface area contributed by atoms with E-state index in [-0.39, 0.29) is 11.0 Å². The number of hydrogen-bond donors (Lipinski definition) is 0. The summed E-state index contributed by atoms with van der Waals surface area (Å²) in [5.41, 5.74) is 0.822. The molecule has 0 amide bonds. The maximum atomic E-state index is 10.6. The largest absolute Gasteiger partial charge is 0.329 e. The lowest BCUT2D eigenvalue weighted by Crippen LogP contribution is -2.11. The van der Waals surface area contributed by atoms with E-state index in [2.05, 4.69) is 9.97 Å². The summed E-state index contributed by atoms with van der Waals surface area (Å²) >= 11 is 5.70. The molecular formula is C11H9ClN4O2. The maximum Gasteiger partial charge on any atom is 0.269 e. The van der Waals surface area contributed by atoms with Gasteiger partial charge in [0.15, 0.2) is 0 Å². The summed E-state index contributed by atoms with van der Waals surface area (Å²) in [4.78, 5) is 19.7. The minimum atomic E-state index is -0.439. The van der Waals surface area contributed by atoms with Crippen molar-refractivity contribution in [3.8, 4) is 0 Å². The van der Waals surface area contributed by atoms with Crippen LogP contribution in [0.25, 0.3) is 0 Å². The fourth-order valence-corrected chi connectivity index (χ4v) is 1.59. The van der Waals surface area contributed by atoms with Crippen molar-refractivity contribution in [1.82, 2.24) is 9.97 Å². The molecule has 6 nitrogen and oxygen atoms in total. The van der Waals surface area contributed by atoms with Crippen LogP contribution in [-0.2, 0) is 0 Å². The van der Waals surface area contributed by atoms with Gasteiger partial charge in [-0.2, -0.15) is 0 Å². The van der Waals surface area contributed by atoms with Crippen LogP contribution < -0.4 is 4.90 Å². The zero-order chi connectivity index (χ0) is 13.1. The highest BCUT2D eigenvalue weighted by Crippen LogP contribution is 2.24. The molecule has 0 N–H and O–H groups in total. The fraction of sp³-hybridized carbons (Fsp3) is 0.0909. The van der Waals surface area contributed by atoms with E-state index in [4.69, 9.17) is 11.6 Å². The normalized spacial score (nSPS) is 10.1. The number of halogens is 1. The fourth-order valence-electron chi connectivity index (χ4n) is 1.44. The van der Waals surface area contributed by atoms with Gasteiger partial charge in [-0.3, -0.25) is 10.1 Å². The minimum Gasteiger partial charge on any atom is -0.329 e. The number of nitro benzene ring substituents is 1. The van der Waals surface area contributed by atoms with Crippen molar-refractivity contribution in [2.24, 2.45) is 0 Å². The molecule has 0 aliphatic rings. The van der Waals surface area contributed by atoms with Crippen molar-refractivity contribution < 1.29 is 4.92 Å². The second-order valence-electron chi connectivity index (χ2n) is 3.52. The molecule has 2 aromatic rings. The summed E-state index contributed by atoms with van der Waals surface area (Å²) < 4.78 is 0. The third kappa shape index (κ3) is 2.54. The predicted molar refractivity (Wildman–Crippen MR) is 68.2 cm³/mol. The monoisotopic (exact) mass is 264 g/mol. The van der Waals surface area contributed by atoms with Crippen molar-refractivity contribution in [3.63, 3.8) is 0 Å². The smallest absolute Gasteiger partial charge is 0.269 e. The highest BCUT2D eigenvalue weighted by atomic mass is 35.5. The Morgan fingerprint density at radius 1 is 1.28 bits per heavy atom. The first kappa shape index (κ1) is 12.3. The molecule has 0 fully saturated rings. The SMILES string of the molecule is CN(c1ccc([N+](=O)[O-])cc1)c1ccnc(Cl)n1. The lowest BCUT2D eigenvalue weighted by molar-refractivity contribution is -0.384. The van der Waals surface area contributed by atoms with Crippen molar-refractivity contribution in [2.75, 3.05) is 11.9 Å². The molecule has 0 atom stereocenters. The van der Waals surface area contributed by atoms with Crippen LogP contribution in [-0.4, -0.2) is 21.9 Å². The molecule has 2 rings (SSSR count). The van der Waals surface area contributed by atoms with Crippen molar-refractivity contribution >= 4 is 28.8 Å². The molecule has 1 aromatic carbocycles. The lowest BCUT2D eigenvalue weighted by atomic mass is 10.2. The molecular weight excluding hydrogens is 256 g/mol. The summed E-state index contributed by atoms with van der Waals surface area (Å²) in [6, 6.07) is 7.87. The summed E-state index contributed by atoms with van der Waals surface area (Å²) in [6.07, 6.45) is 1.55. The molecule has 0 saturated carbocycles. The van der Waals surface area contributed by atoms with E-state index in [0.717, 1.165) is 5.69 Å². The van der Waals surface area contributed by atoms with Crippen molar-refractivity contribution in [2.45, 2.75) is 0 Å². The van der Waals surface area contributed by atoms with Crippen molar-refractivity contribution in [1.29, 1.82) is 0 Å². The Morgan fingerprint density at radius 3 is 2.50 bits per heavy atom. The van der Waals surface area contributed by atoms with Gasteiger partial charge < -0.3 is 4.90 Å². The van der Waals surface area contributed by atoms with E-state index < -0.39 is 4.92 Å². The van der Waals surface area contributed by atoms with E-state index in [1.807, 2.05) is 0 Å². The molecule has 18 heavy (non-hydrogen) atoms. The van der Waals surface area contributed by atoms with Gasteiger partial charge in [-0.25, -0.2) is 9.97 Å². The van der Waals surface area contributed by atoms with Gasteiger partial charge in [0.1, 0.15) is 5.82 Å². The topological polar surface area (TPSA) is 72.2 Å². The van der Waals surface area contributed by atoms with Gasteiger partial charge in [0.2, 0.25) is 5.28 Å². The van der Waals surface area contributed by atoms with Gasteiger partial charge in [0.05, 0.1) is 4.92 Å². The highest BCUT2D eigenvalue weighted by Gasteiger charge is 2.09. The number of anilines is 2. The Hall–Kier alpha value is -2.21. The molecule has 0 bridgehead atoms. The lowest BCUT2D eigenvalue weighted by Gasteiger charge is -2.17. The van der Waals surface area contributed by atoms with E-state index in [9.17, 15) is 10.1 Å². The molecule has 7 heteroatoms. The molecule has 1 heterocycles. The quantitative estimate of drug-likeness (QED) is 0.484. The number of hydrogen-bond acceptors (Lipinski definition) is 5. The van der Waals surface area contributed by atoms with E-state index >= 15 is 0 Å².